The van der Waals surface area contributed by atoms with E-state index in [0.717, 1.165) is 10.9 Å². The molecule has 0 N–H and O–H groups in total. The number of carbonyl (C=O) groups excluding carboxylic acids is 1. The average molecular weight is 347 g/mol. The number of para-hydroxylation sites is 1. The fraction of sp³-hybridized carbons (Fsp3) is 0.150. The van der Waals surface area contributed by atoms with Gasteiger partial charge in [-0.25, -0.2) is 4.98 Å². The largest absolute Gasteiger partial charge is 0.459 e. The normalized spacial score (nSPS) is 11.1. The molecule has 0 bridgehead atoms. The summed E-state index contributed by atoms with van der Waals surface area (Å²) in [5.41, 5.74) is 1.87. The number of pyridine rings is 1. The summed E-state index contributed by atoms with van der Waals surface area (Å²) >= 11 is 0. The molecule has 0 unspecified atom stereocenters. The predicted molar refractivity (Wildman–Crippen MR) is 97.8 cm³/mol. The third-order valence-corrected chi connectivity index (χ3v) is 4.24. The molecule has 4 aromatic rings. The summed E-state index contributed by atoms with van der Waals surface area (Å²) in [5, 5.41) is 1.14. The van der Waals surface area contributed by atoms with Crippen molar-refractivity contribution in [2.45, 2.75) is 19.6 Å². The first-order valence-corrected chi connectivity index (χ1v) is 8.37. The lowest BCUT2D eigenvalue weighted by atomic mass is 10.2. The zero-order valence-corrected chi connectivity index (χ0v) is 14.0. The fourth-order valence-electron chi connectivity index (χ4n) is 2.95. The zero-order valence-electron chi connectivity index (χ0n) is 14.0. The molecule has 0 aliphatic heterocycles. The van der Waals surface area contributed by atoms with Crippen molar-refractivity contribution in [3.63, 3.8) is 0 Å². The third-order valence-electron chi connectivity index (χ3n) is 4.24. The van der Waals surface area contributed by atoms with E-state index in [1.165, 1.54) is 10.5 Å². The van der Waals surface area contributed by atoms with Crippen LogP contribution in [0, 0.1) is 0 Å². The van der Waals surface area contributed by atoms with Crippen LogP contribution in [0.1, 0.15) is 12.1 Å². The average Bonchev–Trinajstić information content (AvgIpc) is 3.08. The van der Waals surface area contributed by atoms with Crippen LogP contribution in [0.2, 0.25) is 0 Å². The van der Waals surface area contributed by atoms with Crippen molar-refractivity contribution < 1.29 is 9.53 Å². The van der Waals surface area contributed by atoms with Crippen molar-refractivity contribution >= 4 is 22.5 Å². The number of aromatic nitrogens is 3. The van der Waals surface area contributed by atoms with Crippen LogP contribution < -0.4 is 5.56 Å². The molecule has 0 saturated heterocycles. The molecule has 0 saturated carbocycles. The van der Waals surface area contributed by atoms with Gasteiger partial charge in [0.25, 0.3) is 5.56 Å². The van der Waals surface area contributed by atoms with Crippen LogP contribution in [0.5, 0.6) is 0 Å². The molecular formula is C20H17N3O3. The molecular weight excluding hydrogens is 330 g/mol. The maximum atomic E-state index is 12.0. The Morgan fingerprint density at radius 1 is 1.04 bits per heavy atom. The number of hydrogen-bond acceptors (Lipinski definition) is 4. The van der Waals surface area contributed by atoms with Crippen molar-refractivity contribution in [2.24, 2.45) is 0 Å². The van der Waals surface area contributed by atoms with Crippen LogP contribution in [-0.4, -0.2) is 19.9 Å². The SMILES string of the molecule is O=C(CCn1ccc2ccccc21)OCc1cc(=O)n2ccccc2n1. The molecule has 0 aliphatic rings. The molecule has 0 aliphatic carbocycles. The first-order chi connectivity index (χ1) is 12.7. The number of nitrogens with zero attached hydrogens (tertiary/aromatic N) is 3. The third kappa shape index (κ3) is 3.21. The number of carbonyl (C=O) groups is 1. The van der Waals surface area contributed by atoms with Crippen molar-refractivity contribution in [1.82, 2.24) is 14.0 Å². The highest BCUT2D eigenvalue weighted by molar-refractivity contribution is 5.80. The molecule has 26 heavy (non-hydrogen) atoms. The monoisotopic (exact) mass is 347 g/mol. The second-order valence-electron chi connectivity index (χ2n) is 5.99. The number of ether oxygens (including phenoxy) is 1. The second kappa shape index (κ2) is 6.84. The lowest BCUT2D eigenvalue weighted by Crippen LogP contribution is -2.16. The predicted octanol–water partition coefficient (Wildman–Crippen LogP) is 2.78. The molecule has 0 atom stereocenters. The highest BCUT2D eigenvalue weighted by atomic mass is 16.5. The molecule has 0 fully saturated rings. The van der Waals surface area contributed by atoms with Crippen LogP contribution in [0.3, 0.4) is 0 Å². The van der Waals surface area contributed by atoms with E-state index in [2.05, 4.69) is 4.98 Å². The van der Waals surface area contributed by atoms with Crippen LogP contribution in [0.15, 0.2) is 71.8 Å². The van der Waals surface area contributed by atoms with Crippen molar-refractivity contribution in [1.29, 1.82) is 0 Å². The number of fused-ring (bicyclic) bond motifs is 2. The van der Waals surface area contributed by atoms with E-state index in [4.69, 9.17) is 4.74 Å². The topological polar surface area (TPSA) is 65.6 Å². The van der Waals surface area contributed by atoms with E-state index in [1.54, 1.807) is 24.4 Å². The Morgan fingerprint density at radius 2 is 1.88 bits per heavy atom. The summed E-state index contributed by atoms with van der Waals surface area (Å²) in [5.74, 6) is -0.321. The molecule has 0 amide bonds. The number of rotatable bonds is 5. The van der Waals surface area contributed by atoms with Gasteiger partial charge in [-0.2, -0.15) is 0 Å². The Balaban J connectivity index is 1.39. The van der Waals surface area contributed by atoms with E-state index in [-0.39, 0.29) is 24.6 Å². The number of esters is 1. The standard InChI is InChI=1S/C20H17N3O3/c24-19-13-16(21-18-7-3-4-10-23(18)19)14-26-20(25)9-12-22-11-8-15-5-1-2-6-17(15)22/h1-8,10-11,13H,9,12,14H2. The van der Waals surface area contributed by atoms with Gasteiger partial charge in [0.1, 0.15) is 12.3 Å². The number of benzene rings is 1. The summed E-state index contributed by atoms with van der Waals surface area (Å²) in [6.07, 6.45) is 3.87. The van der Waals surface area contributed by atoms with Crippen LogP contribution >= 0.6 is 0 Å². The van der Waals surface area contributed by atoms with Gasteiger partial charge in [0, 0.05) is 30.5 Å². The smallest absolute Gasteiger partial charge is 0.307 e. The van der Waals surface area contributed by atoms with E-state index >= 15 is 0 Å². The Labute approximate surface area is 149 Å². The summed E-state index contributed by atoms with van der Waals surface area (Å²) < 4.78 is 8.75. The van der Waals surface area contributed by atoms with E-state index < -0.39 is 0 Å². The summed E-state index contributed by atoms with van der Waals surface area (Å²) in [6.45, 7) is 0.534. The highest BCUT2D eigenvalue weighted by Crippen LogP contribution is 2.15. The number of aryl methyl sites for hydroxylation is 1. The van der Waals surface area contributed by atoms with Gasteiger partial charge in [-0.3, -0.25) is 14.0 Å². The first kappa shape index (κ1) is 16.1. The van der Waals surface area contributed by atoms with E-state index in [1.807, 2.05) is 41.1 Å². The maximum absolute atomic E-state index is 12.0. The quantitative estimate of drug-likeness (QED) is 0.521. The molecule has 0 radical (unpaired) electrons. The lowest BCUT2D eigenvalue weighted by molar-refractivity contribution is -0.145. The van der Waals surface area contributed by atoms with Gasteiger partial charge in [-0.15, -0.1) is 0 Å². The van der Waals surface area contributed by atoms with Crippen LogP contribution in [0.25, 0.3) is 16.6 Å². The van der Waals surface area contributed by atoms with Gasteiger partial charge in [-0.1, -0.05) is 24.3 Å². The van der Waals surface area contributed by atoms with Gasteiger partial charge in [0.2, 0.25) is 0 Å². The molecule has 0 spiro atoms. The minimum Gasteiger partial charge on any atom is -0.459 e. The second-order valence-corrected chi connectivity index (χ2v) is 5.99. The number of hydrogen-bond donors (Lipinski definition) is 0. The van der Waals surface area contributed by atoms with Crippen molar-refractivity contribution in [2.75, 3.05) is 0 Å². The highest BCUT2D eigenvalue weighted by Gasteiger charge is 2.08. The summed E-state index contributed by atoms with van der Waals surface area (Å²) in [4.78, 5) is 28.4. The van der Waals surface area contributed by atoms with Gasteiger partial charge >= 0.3 is 5.97 Å². The fourth-order valence-corrected chi connectivity index (χ4v) is 2.95. The van der Waals surface area contributed by atoms with Gasteiger partial charge in [0.05, 0.1) is 12.1 Å². The molecule has 1 aromatic carbocycles. The minimum absolute atomic E-state index is 0.00804. The molecule has 6 heteroatoms. The Kier molecular flexibility index (Phi) is 4.23. The minimum atomic E-state index is -0.321. The molecule has 6 nitrogen and oxygen atoms in total. The Morgan fingerprint density at radius 3 is 2.81 bits per heavy atom. The molecule has 4 rings (SSSR count). The summed E-state index contributed by atoms with van der Waals surface area (Å²) in [6, 6.07) is 16.7. The molecule has 3 heterocycles. The van der Waals surface area contributed by atoms with Crippen molar-refractivity contribution in [3.05, 3.63) is 83.0 Å². The summed E-state index contributed by atoms with van der Waals surface area (Å²) in [7, 11) is 0. The van der Waals surface area contributed by atoms with Crippen molar-refractivity contribution in [3.8, 4) is 0 Å². The van der Waals surface area contributed by atoms with Crippen LogP contribution in [-0.2, 0) is 22.7 Å². The first-order valence-electron chi connectivity index (χ1n) is 8.37. The molecule has 130 valence electrons. The zero-order chi connectivity index (χ0) is 17.9. The van der Waals surface area contributed by atoms with Gasteiger partial charge in [-0.05, 0) is 29.7 Å². The van der Waals surface area contributed by atoms with Crippen LogP contribution in [0.4, 0.5) is 0 Å². The van der Waals surface area contributed by atoms with Gasteiger partial charge < -0.3 is 9.30 Å². The Bertz CT molecular complexity index is 1140. The van der Waals surface area contributed by atoms with E-state index in [0.29, 0.717) is 17.9 Å². The van der Waals surface area contributed by atoms with E-state index in [9.17, 15) is 9.59 Å². The van der Waals surface area contributed by atoms with Gasteiger partial charge in [0.15, 0.2) is 0 Å². The molecule has 3 aromatic heterocycles. The Hall–Kier alpha value is -3.41. The lowest BCUT2D eigenvalue weighted by Gasteiger charge is -2.07. The maximum Gasteiger partial charge on any atom is 0.307 e.